The number of ether oxygens (including phenoxy) is 1. The first-order chi connectivity index (χ1) is 14.2. The van der Waals surface area contributed by atoms with Crippen LogP contribution < -0.4 is 10.1 Å². The van der Waals surface area contributed by atoms with Gasteiger partial charge in [-0.15, -0.1) is 0 Å². The molecule has 0 heterocycles. The predicted molar refractivity (Wildman–Crippen MR) is 117 cm³/mol. The van der Waals surface area contributed by atoms with Crippen LogP contribution in [0.15, 0.2) is 78.9 Å². The fourth-order valence-electron chi connectivity index (χ4n) is 4.07. The predicted octanol–water partition coefficient (Wildman–Crippen LogP) is 5.21. The largest absolute Gasteiger partial charge is 0.489 e. The smallest absolute Gasteiger partial charge is 0.120 e. The number of aliphatic hydroxyl groups is 1. The van der Waals surface area contributed by atoms with Gasteiger partial charge in [-0.05, 0) is 54.2 Å². The SMILES string of the molecule is CC(NCC1CCc2cc(OCc3ccccc3)ccc2C1O)c1ccccc1. The standard InChI is InChI=1S/C26H29NO2/c1-19(21-10-6-3-7-11-21)27-17-23-13-12-22-16-24(14-15-25(22)26(23)28)29-18-20-8-4-2-5-9-20/h2-11,14-16,19,23,26-28H,12-13,17-18H2,1H3. The molecule has 1 aliphatic carbocycles. The molecule has 3 heteroatoms. The highest BCUT2D eigenvalue weighted by molar-refractivity contribution is 5.39. The van der Waals surface area contributed by atoms with Crippen LogP contribution in [0.5, 0.6) is 5.75 Å². The van der Waals surface area contributed by atoms with Crippen molar-refractivity contribution >= 4 is 0 Å². The molecule has 0 aliphatic heterocycles. The van der Waals surface area contributed by atoms with Crippen LogP contribution in [0.3, 0.4) is 0 Å². The van der Waals surface area contributed by atoms with Gasteiger partial charge < -0.3 is 15.2 Å². The zero-order valence-electron chi connectivity index (χ0n) is 16.9. The van der Waals surface area contributed by atoms with Crippen LogP contribution in [0.4, 0.5) is 0 Å². The first kappa shape index (κ1) is 19.7. The zero-order chi connectivity index (χ0) is 20.1. The first-order valence-corrected chi connectivity index (χ1v) is 10.5. The third-order valence-corrected chi connectivity index (χ3v) is 5.90. The third kappa shape index (κ3) is 4.87. The second-order valence-electron chi connectivity index (χ2n) is 7.92. The van der Waals surface area contributed by atoms with Crippen molar-refractivity contribution in [3.8, 4) is 5.75 Å². The van der Waals surface area contributed by atoms with Crippen molar-refractivity contribution < 1.29 is 9.84 Å². The fraction of sp³-hybridized carbons (Fsp3) is 0.308. The van der Waals surface area contributed by atoms with Crippen molar-refractivity contribution in [1.82, 2.24) is 5.32 Å². The summed E-state index contributed by atoms with van der Waals surface area (Å²) >= 11 is 0. The minimum atomic E-state index is -0.433. The molecule has 0 bridgehead atoms. The lowest BCUT2D eigenvalue weighted by molar-refractivity contribution is 0.0913. The van der Waals surface area contributed by atoms with E-state index in [1.165, 1.54) is 11.1 Å². The maximum absolute atomic E-state index is 10.9. The molecular weight excluding hydrogens is 358 g/mol. The van der Waals surface area contributed by atoms with Crippen molar-refractivity contribution in [2.75, 3.05) is 6.54 Å². The van der Waals surface area contributed by atoms with Crippen LogP contribution in [0.25, 0.3) is 0 Å². The van der Waals surface area contributed by atoms with Gasteiger partial charge in [0.05, 0.1) is 6.10 Å². The molecule has 150 valence electrons. The Morgan fingerprint density at radius 3 is 2.48 bits per heavy atom. The van der Waals surface area contributed by atoms with Crippen molar-refractivity contribution in [2.24, 2.45) is 5.92 Å². The van der Waals surface area contributed by atoms with Gasteiger partial charge in [-0.1, -0.05) is 66.7 Å². The Morgan fingerprint density at radius 1 is 1.00 bits per heavy atom. The molecule has 0 saturated heterocycles. The van der Waals surface area contributed by atoms with E-state index in [0.29, 0.717) is 6.61 Å². The normalized spacial score (nSPS) is 19.4. The molecule has 0 amide bonds. The molecule has 3 atom stereocenters. The van der Waals surface area contributed by atoms with Crippen LogP contribution in [0, 0.1) is 5.92 Å². The van der Waals surface area contributed by atoms with E-state index >= 15 is 0 Å². The van der Waals surface area contributed by atoms with Crippen LogP contribution in [0.1, 0.15) is 47.7 Å². The number of fused-ring (bicyclic) bond motifs is 1. The molecule has 0 radical (unpaired) electrons. The Morgan fingerprint density at radius 2 is 1.72 bits per heavy atom. The molecule has 0 spiro atoms. The van der Waals surface area contributed by atoms with Crippen molar-refractivity contribution in [3.63, 3.8) is 0 Å². The lowest BCUT2D eigenvalue weighted by atomic mass is 9.81. The maximum atomic E-state index is 10.9. The van der Waals surface area contributed by atoms with Crippen molar-refractivity contribution in [3.05, 3.63) is 101 Å². The van der Waals surface area contributed by atoms with Gasteiger partial charge in [0.2, 0.25) is 0 Å². The monoisotopic (exact) mass is 387 g/mol. The fourth-order valence-corrected chi connectivity index (χ4v) is 4.07. The van der Waals surface area contributed by atoms with E-state index in [1.807, 2.05) is 36.4 Å². The number of hydrogen-bond acceptors (Lipinski definition) is 3. The number of rotatable bonds is 7. The molecule has 0 aromatic heterocycles. The topological polar surface area (TPSA) is 41.5 Å². The highest BCUT2D eigenvalue weighted by Gasteiger charge is 2.28. The minimum absolute atomic E-state index is 0.227. The molecule has 3 nitrogen and oxygen atoms in total. The maximum Gasteiger partial charge on any atom is 0.120 e. The van der Waals surface area contributed by atoms with E-state index in [4.69, 9.17) is 4.74 Å². The molecule has 3 aromatic carbocycles. The molecule has 1 aliphatic rings. The van der Waals surface area contributed by atoms with Gasteiger partial charge in [0.1, 0.15) is 12.4 Å². The molecule has 0 saturated carbocycles. The average molecular weight is 388 g/mol. The second kappa shape index (κ2) is 9.25. The number of aliphatic hydroxyl groups excluding tert-OH is 1. The van der Waals surface area contributed by atoms with Gasteiger partial charge in [-0.25, -0.2) is 0 Å². The summed E-state index contributed by atoms with van der Waals surface area (Å²) < 4.78 is 5.95. The Bertz CT molecular complexity index is 911. The lowest BCUT2D eigenvalue weighted by Crippen LogP contribution is -2.32. The summed E-state index contributed by atoms with van der Waals surface area (Å²) in [7, 11) is 0. The van der Waals surface area contributed by atoms with E-state index in [2.05, 4.69) is 54.7 Å². The van der Waals surface area contributed by atoms with Gasteiger partial charge in [0.25, 0.3) is 0 Å². The Kier molecular flexibility index (Phi) is 6.28. The Balaban J connectivity index is 1.35. The van der Waals surface area contributed by atoms with Gasteiger partial charge in [-0.3, -0.25) is 0 Å². The summed E-state index contributed by atoms with van der Waals surface area (Å²) in [6.45, 7) is 3.55. The molecular formula is C26H29NO2. The number of benzene rings is 3. The molecule has 3 unspecified atom stereocenters. The number of hydrogen-bond donors (Lipinski definition) is 2. The van der Waals surface area contributed by atoms with Crippen LogP contribution >= 0.6 is 0 Å². The van der Waals surface area contributed by atoms with Crippen molar-refractivity contribution in [2.45, 2.75) is 38.5 Å². The van der Waals surface area contributed by atoms with Gasteiger partial charge >= 0.3 is 0 Å². The first-order valence-electron chi connectivity index (χ1n) is 10.5. The summed E-state index contributed by atoms with van der Waals surface area (Å²) in [5.41, 5.74) is 4.68. The van der Waals surface area contributed by atoms with Gasteiger partial charge in [-0.2, -0.15) is 0 Å². The third-order valence-electron chi connectivity index (χ3n) is 5.90. The van der Waals surface area contributed by atoms with E-state index in [1.54, 1.807) is 0 Å². The summed E-state index contributed by atoms with van der Waals surface area (Å²) in [6, 6.07) is 27.0. The second-order valence-corrected chi connectivity index (χ2v) is 7.92. The number of nitrogens with one attached hydrogen (secondary N) is 1. The molecule has 29 heavy (non-hydrogen) atoms. The van der Waals surface area contributed by atoms with E-state index in [-0.39, 0.29) is 12.0 Å². The highest BCUT2D eigenvalue weighted by atomic mass is 16.5. The molecule has 4 rings (SSSR count). The molecule has 0 fully saturated rings. The average Bonchev–Trinajstić information content (AvgIpc) is 2.78. The van der Waals surface area contributed by atoms with E-state index in [9.17, 15) is 5.11 Å². The van der Waals surface area contributed by atoms with Gasteiger partial charge in [0.15, 0.2) is 0 Å². The van der Waals surface area contributed by atoms with E-state index in [0.717, 1.165) is 36.3 Å². The summed E-state index contributed by atoms with van der Waals surface area (Å²) in [4.78, 5) is 0. The summed E-state index contributed by atoms with van der Waals surface area (Å²) in [6.07, 6.45) is 1.52. The highest BCUT2D eigenvalue weighted by Crippen LogP contribution is 2.36. The van der Waals surface area contributed by atoms with Crippen molar-refractivity contribution in [1.29, 1.82) is 0 Å². The quantitative estimate of drug-likeness (QED) is 0.585. The summed E-state index contributed by atoms with van der Waals surface area (Å²) in [5, 5.41) is 14.5. The molecule has 2 N–H and O–H groups in total. The lowest BCUT2D eigenvalue weighted by Gasteiger charge is -2.31. The van der Waals surface area contributed by atoms with Gasteiger partial charge in [0, 0.05) is 18.5 Å². The van der Waals surface area contributed by atoms with Crippen LogP contribution in [-0.2, 0) is 13.0 Å². The Labute approximate surface area is 173 Å². The molecule has 3 aromatic rings. The zero-order valence-corrected chi connectivity index (χ0v) is 16.9. The van der Waals surface area contributed by atoms with E-state index < -0.39 is 6.10 Å². The van der Waals surface area contributed by atoms with Crippen LogP contribution in [-0.4, -0.2) is 11.7 Å². The Hall–Kier alpha value is -2.62. The summed E-state index contributed by atoms with van der Waals surface area (Å²) in [5.74, 6) is 1.10. The minimum Gasteiger partial charge on any atom is -0.489 e. The van der Waals surface area contributed by atoms with Crippen LogP contribution in [0.2, 0.25) is 0 Å². The number of aryl methyl sites for hydroxylation is 1.